The minimum Gasteiger partial charge on any atom is -0.424 e. The van der Waals surface area contributed by atoms with Gasteiger partial charge in [0.1, 0.15) is 5.75 Å². The van der Waals surface area contributed by atoms with E-state index in [1.807, 2.05) is 0 Å². The number of ether oxygens (including phenoxy) is 1. The smallest absolute Gasteiger partial charge is 0.345 e. The number of carbonyl (C=O) groups is 1. The van der Waals surface area contributed by atoms with E-state index in [-0.39, 0.29) is 0 Å². The third-order valence-electron chi connectivity index (χ3n) is 2.00. The van der Waals surface area contributed by atoms with Crippen LogP contribution in [0.25, 0.3) is 5.57 Å². The summed E-state index contributed by atoms with van der Waals surface area (Å²) in [7, 11) is 0. The van der Waals surface area contributed by atoms with E-state index >= 15 is 0 Å². The summed E-state index contributed by atoms with van der Waals surface area (Å²) >= 11 is 0. The Kier molecular flexibility index (Phi) is 1.67. The summed E-state index contributed by atoms with van der Waals surface area (Å²) in [4.78, 5) is 11.0. The summed E-state index contributed by atoms with van der Waals surface area (Å²) in [6, 6.07) is 6.99. The van der Waals surface area contributed by atoms with Crippen LogP contribution in [0.3, 0.4) is 0 Å². The van der Waals surface area contributed by atoms with Gasteiger partial charge in [0, 0.05) is 5.56 Å². The lowest BCUT2D eigenvalue weighted by molar-refractivity contribution is -0.141. The maximum absolute atomic E-state index is 11.0. The van der Waals surface area contributed by atoms with Gasteiger partial charge in [-0.3, -0.25) is 0 Å². The predicted molar refractivity (Wildman–Crippen MR) is 47.1 cm³/mol. The average Bonchev–Trinajstić information content (AvgIpc) is 2.15. The van der Waals surface area contributed by atoms with Gasteiger partial charge in [-0.05, 0) is 11.6 Å². The molecule has 13 heavy (non-hydrogen) atoms. The molecule has 0 spiro atoms. The predicted octanol–water partition coefficient (Wildman–Crippen LogP) is 0.980. The topological polar surface area (TPSA) is 46.5 Å². The molecule has 1 aromatic rings. The second kappa shape index (κ2) is 2.71. The van der Waals surface area contributed by atoms with E-state index in [0.717, 1.165) is 0 Å². The second-order valence-corrected chi connectivity index (χ2v) is 2.85. The van der Waals surface area contributed by atoms with Gasteiger partial charge < -0.3 is 9.84 Å². The van der Waals surface area contributed by atoms with Crippen LogP contribution in [0, 0.1) is 0 Å². The van der Waals surface area contributed by atoms with E-state index in [4.69, 9.17) is 4.74 Å². The Morgan fingerprint density at radius 2 is 2.08 bits per heavy atom. The van der Waals surface area contributed by atoms with E-state index in [0.29, 0.717) is 16.9 Å². The molecule has 1 unspecified atom stereocenters. The van der Waals surface area contributed by atoms with Crippen LogP contribution < -0.4 is 4.74 Å². The zero-order valence-electron chi connectivity index (χ0n) is 6.86. The van der Waals surface area contributed by atoms with Crippen LogP contribution in [-0.2, 0) is 4.79 Å². The van der Waals surface area contributed by atoms with Gasteiger partial charge in [0.15, 0.2) is 6.10 Å². The highest BCUT2D eigenvalue weighted by atomic mass is 16.6. The maximum Gasteiger partial charge on any atom is 0.345 e. The van der Waals surface area contributed by atoms with Gasteiger partial charge in [-0.2, -0.15) is 0 Å². The SMILES string of the molecule is C=C1c2ccccc2OC(=O)C1O. The summed E-state index contributed by atoms with van der Waals surface area (Å²) in [5.74, 6) is -0.202. The van der Waals surface area contributed by atoms with Crippen molar-refractivity contribution in [1.82, 2.24) is 0 Å². The summed E-state index contributed by atoms with van der Waals surface area (Å²) in [5.41, 5.74) is 1.08. The minimum atomic E-state index is -1.23. The number of benzene rings is 1. The molecule has 66 valence electrons. The van der Waals surface area contributed by atoms with Gasteiger partial charge >= 0.3 is 5.97 Å². The lowest BCUT2D eigenvalue weighted by atomic mass is 9.99. The molecule has 0 saturated carbocycles. The number of aliphatic hydroxyl groups excluding tert-OH is 1. The molecule has 2 rings (SSSR count). The number of hydrogen-bond donors (Lipinski definition) is 1. The van der Waals surface area contributed by atoms with Crippen LogP contribution in [0.1, 0.15) is 5.56 Å². The van der Waals surface area contributed by atoms with Gasteiger partial charge in [-0.15, -0.1) is 0 Å². The first-order chi connectivity index (χ1) is 6.20. The first-order valence-electron chi connectivity index (χ1n) is 3.88. The number of para-hydroxylation sites is 1. The summed E-state index contributed by atoms with van der Waals surface area (Å²) in [5, 5.41) is 9.32. The quantitative estimate of drug-likeness (QED) is 0.473. The van der Waals surface area contributed by atoms with E-state index in [1.165, 1.54) is 0 Å². The first kappa shape index (κ1) is 8.01. The Balaban J connectivity index is 2.55. The molecule has 1 aliphatic rings. The van der Waals surface area contributed by atoms with E-state index in [9.17, 15) is 9.90 Å². The highest BCUT2D eigenvalue weighted by Crippen LogP contribution is 2.31. The summed E-state index contributed by atoms with van der Waals surface area (Å²) < 4.78 is 4.86. The number of aliphatic hydroxyl groups is 1. The zero-order valence-corrected chi connectivity index (χ0v) is 6.86. The zero-order chi connectivity index (χ0) is 9.42. The van der Waals surface area contributed by atoms with Crippen LogP contribution in [0.4, 0.5) is 0 Å². The fraction of sp³-hybridized carbons (Fsp3) is 0.100. The lowest BCUT2D eigenvalue weighted by Gasteiger charge is -2.21. The Labute approximate surface area is 75.3 Å². The fourth-order valence-corrected chi connectivity index (χ4v) is 1.27. The molecule has 0 bridgehead atoms. The molecular weight excluding hydrogens is 168 g/mol. The normalized spacial score (nSPS) is 20.8. The number of fused-ring (bicyclic) bond motifs is 1. The van der Waals surface area contributed by atoms with Crippen LogP contribution in [0.5, 0.6) is 5.75 Å². The van der Waals surface area contributed by atoms with Crippen LogP contribution >= 0.6 is 0 Å². The molecule has 1 atom stereocenters. The molecule has 1 N–H and O–H groups in total. The minimum absolute atomic E-state index is 0.395. The van der Waals surface area contributed by atoms with Crippen molar-refractivity contribution in [2.75, 3.05) is 0 Å². The maximum atomic E-state index is 11.0. The Morgan fingerprint density at radius 1 is 1.38 bits per heavy atom. The van der Waals surface area contributed by atoms with E-state index in [1.54, 1.807) is 24.3 Å². The van der Waals surface area contributed by atoms with Gasteiger partial charge in [-0.25, -0.2) is 4.79 Å². The van der Waals surface area contributed by atoms with Crippen LogP contribution in [0.15, 0.2) is 30.8 Å². The highest BCUT2D eigenvalue weighted by Gasteiger charge is 2.29. The van der Waals surface area contributed by atoms with Gasteiger partial charge in [-0.1, -0.05) is 24.8 Å². The summed E-state index contributed by atoms with van der Waals surface area (Å²) in [6.45, 7) is 3.64. The van der Waals surface area contributed by atoms with Crippen molar-refractivity contribution in [2.45, 2.75) is 6.10 Å². The van der Waals surface area contributed by atoms with Gasteiger partial charge in [0.05, 0.1) is 0 Å². The molecule has 0 radical (unpaired) electrons. The van der Waals surface area contributed by atoms with Crippen LogP contribution in [0.2, 0.25) is 0 Å². The van der Waals surface area contributed by atoms with Gasteiger partial charge in [0.25, 0.3) is 0 Å². The van der Waals surface area contributed by atoms with E-state index < -0.39 is 12.1 Å². The lowest BCUT2D eigenvalue weighted by Crippen LogP contribution is -2.30. The van der Waals surface area contributed by atoms with Crippen molar-refractivity contribution in [3.05, 3.63) is 36.4 Å². The second-order valence-electron chi connectivity index (χ2n) is 2.85. The third-order valence-corrected chi connectivity index (χ3v) is 2.00. The van der Waals surface area contributed by atoms with Crippen molar-refractivity contribution in [1.29, 1.82) is 0 Å². The van der Waals surface area contributed by atoms with Crippen molar-refractivity contribution >= 4 is 11.5 Å². The monoisotopic (exact) mass is 176 g/mol. The summed E-state index contributed by atoms with van der Waals surface area (Å²) in [6.07, 6.45) is -1.23. The molecule has 1 aromatic carbocycles. The van der Waals surface area contributed by atoms with Crippen molar-refractivity contribution in [3.63, 3.8) is 0 Å². The molecule has 3 heteroatoms. The number of esters is 1. The molecular formula is C10H8O3. The molecule has 0 saturated heterocycles. The molecule has 3 nitrogen and oxygen atoms in total. The Hall–Kier alpha value is -1.61. The largest absolute Gasteiger partial charge is 0.424 e. The number of carbonyl (C=O) groups excluding carboxylic acids is 1. The molecule has 1 heterocycles. The molecule has 0 amide bonds. The fourth-order valence-electron chi connectivity index (χ4n) is 1.27. The molecule has 0 aliphatic carbocycles. The standard InChI is InChI=1S/C10H8O3/c1-6-7-4-2-3-5-8(7)13-10(12)9(6)11/h2-5,9,11H,1H2. The van der Waals surface area contributed by atoms with Crippen molar-refractivity contribution < 1.29 is 14.6 Å². The third kappa shape index (κ3) is 1.13. The molecule has 0 fully saturated rings. The first-order valence-corrected chi connectivity index (χ1v) is 3.88. The number of hydrogen-bond acceptors (Lipinski definition) is 3. The van der Waals surface area contributed by atoms with Crippen LogP contribution in [-0.4, -0.2) is 17.2 Å². The Bertz CT molecular complexity index is 382. The van der Waals surface area contributed by atoms with Crippen molar-refractivity contribution in [3.8, 4) is 5.75 Å². The highest BCUT2D eigenvalue weighted by molar-refractivity contribution is 5.96. The number of rotatable bonds is 0. The van der Waals surface area contributed by atoms with Crippen molar-refractivity contribution in [2.24, 2.45) is 0 Å². The molecule has 0 aromatic heterocycles. The molecule has 1 aliphatic heterocycles. The average molecular weight is 176 g/mol. The van der Waals surface area contributed by atoms with Gasteiger partial charge in [0.2, 0.25) is 0 Å². The Morgan fingerprint density at radius 3 is 2.85 bits per heavy atom. The van der Waals surface area contributed by atoms with E-state index in [2.05, 4.69) is 6.58 Å².